The molecule has 13 nitrogen and oxygen atoms in total. The number of rotatable bonds is 7. The van der Waals surface area contributed by atoms with E-state index >= 15 is 0 Å². The van der Waals surface area contributed by atoms with Gasteiger partial charge in [0, 0.05) is 57.1 Å². The van der Waals surface area contributed by atoms with Gasteiger partial charge in [0.2, 0.25) is 17.6 Å². The molecule has 1 N–H and O–H groups in total. The van der Waals surface area contributed by atoms with Crippen LogP contribution in [0.2, 0.25) is 0 Å². The average molecular weight is 542 g/mol. The van der Waals surface area contributed by atoms with Crippen LogP contribution >= 0.6 is 0 Å². The van der Waals surface area contributed by atoms with E-state index in [2.05, 4.69) is 10.2 Å². The Bertz CT molecular complexity index is 1170. The maximum Gasteiger partial charge on any atom is 0.320 e. The van der Waals surface area contributed by atoms with E-state index in [4.69, 9.17) is 38.6 Å². The zero-order valence-electron chi connectivity index (χ0n) is 22.6. The van der Waals surface area contributed by atoms with Crippen molar-refractivity contribution in [2.75, 3.05) is 97.2 Å². The van der Waals surface area contributed by atoms with Gasteiger partial charge in [-0.25, -0.2) is 4.79 Å². The molecule has 2 fully saturated rings. The van der Waals surface area contributed by atoms with Crippen molar-refractivity contribution < 1.29 is 28.5 Å². The summed E-state index contributed by atoms with van der Waals surface area (Å²) in [5.74, 6) is 3.08. The van der Waals surface area contributed by atoms with Gasteiger partial charge in [0.1, 0.15) is 0 Å². The maximum atomic E-state index is 12.9. The molecule has 4 heterocycles. The van der Waals surface area contributed by atoms with E-state index in [-0.39, 0.29) is 6.03 Å². The van der Waals surface area contributed by atoms with Crippen LogP contribution in [0, 0.1) is 0 Å². The summed E-state index contributed by atoms with van der Waals surface area (Å²) in [6, 6.07) is 3.64. The summed E-state index contributed by atoms with van der Waals surface area (Å²) in [7, 11) is 4.70. The molecule has 2 aromatic rings. The van der Waals surface area contributed by atoms with Gasteiger partial charge in [-0.2, -0.15) is 15.0 Å². The van der Waals surface area contributed by atoms with Crippen molar-refractivity contribution in [1.82, 2.24) is 24.8 Å². The molecule has 3 aliphatic rings. The lowest BCUT2D eigenvalue weighted by molar-refractivity contribution is 0.0441. The maximum absolute atomic E-state index is 12.9. The molecule has 0 saturated carbocycles. The number of nitrogens with one attached hydrogen (secondary N) is 1. The molecule has 13 heteroatoms. The van der Waals surface area contributed by atoms with Gasteiger partial charge in [0.15, 0.2) is 17.3 Å². The van der Waals surface area contributed by atoms with Gasteiger partial charge < -0.3 is 43.7 Å². The highest BCUT2D eigenvalue weighted by Crippen LogP contribution is 2.40. The lowest BCUT2D eigenvalue weighted by atomic mass is 10.1. The summed E-state index contributed by atoms with van der Waals surface area (Å²) >= 11 is 0. The number of anilines is 3. The highest BCUT2D eigenvalue weighted by atomic mass is 16.5. The zero-order chi connectivity index (χ0) is 27.2. The fourth-order valence-electron chi connectivity index (χ4n) is 4.75. The van der Waals surface area contributed by atoms with Crippen LogP contribution in [0.3, 0.4) is 0 Å². The second-order valence-electron chi connectivity index (χ2n) is 9.23. The third-order valence-electron chi connectivity index (χ3n) is 6.89. The number of methoxy groups -OCH3 is 3. The molecule has 39 heavy (non-hydrogen) atoms. The van der Waals surface area contributed by atoms with E-state index < -0.39 is 0 Å². The van der Waals surface area contributed by atoms with Crippen LogP contribution in [0.25, 0.3) is 5.57 Å². The molecule has 0 bridgehead atoms. The monoisotopic (exact) mass is 541 g/mol. The van der Waals surface area contributed by atoms with Crippen molar-refractivity contribution >= 4 is 29.2 Å². The number of hydrogen-bond donors (Lipinski definition) is 1. The summed E-state index contributed by atoms with van der Waals surface area (Å²) in [5.41, 5.74) is 1.65. The van der Waals surface area contributed by atoms with Crippen LogP contribution < -0.4 is 24.4 Å². The molecule has 2 saturated heterocycles. The van der Waals surface area contributed by atoms with Crippen molar-refractivity contribution in [3.8, 4) is 17.2 Å². The van der Waals surface area contributed by atoms with Crippen LogP contribution in [0.4, 0.5) is 22.4 Å². The van der Waals surface area contributed by atoms with E-state index in [1.165, 1.54) is 0 Å². The first-order valence-corrected chi connectivity index (χ1v) is 13.1. The number of amides is 2. The normalized spacial score (nSPS) is 17.9. The minimum atomic E-state index is 0.0445. The van der Waals surface area contributed by atoms with Crippen LogP contribution in [0.15, 0.2) is 18.2 Å². The molecule has 0 aliphatic carbocycles. The third-order valence-corrected chi connectivity index (χ3v) is 6.89. The zero-order valence-corrected chi connectivity index (χ0v) is 22.6. The molecule has 210 valence electrons. The quantitative estimate of drug-likeness (QED) is 0.554. The van der Waals surface area contributed by atoms with Gasteiger partial charge in [-0.1, -0.05) is 6.08 Å². The fourth-order valence-corrected chi connectivity index (χ4v) is 4.75. The Balaban J connectivity index is 1.41. The SMILES string of the molecule is COc1cc(Nc2nc(C3=CCN(C(=O)N4CCOCC4)CC3)nc(N3CCOCC3)n2)cc(OC)c1OC. The van der Waals surface area contributed by atoms with E-state index in [0.717, 1.165) is 5.57 Å². The first-order valence-electron chi connectivity index (χ1n) is 13.1. The summed E-state index contributed by atoms with van der Waals surface area (Å²) < 4.78 is 27.3. The number of hydrogen-bond acceptors (Lipinski definition) is 11. The van der Waals surface area contributed by atoms with Crippen LogP contribution in [0.5, 0.6) is 17.2 Å². The predicted octanol–water partition coefficient (Wildman–Crippen LogP) is 2.02. The molecule has 2 amide bonds. The first-order chi connectivity index (χ1) is 19.1. The average Bonchev–Trinajstić information content (AvgIpc) is 3.01. The van der Waals surface area contributed by atoms with Crippen LogP contribution in [0.1, 0.15) is 12.2 Å². The number of benzene rings is 1. The van der Waals surface area contributed by atoms with Crippen molar-refractivity contribution in [2.24, 2.45) is 0 Å². The minimum absolute atomic E-state index is 0.0445. The smallest absolute Gasteiger partial charge is 0.320 e. The molecule has 1 aromatic carbocycles. The number of ether oxygens (including phenoxy) is 5. The topological polar surface area (TPSA) is 124 Å². The van der Waals surface area contributed by atoms with Crippen molar-refractivity contribution in [3.05, 3.63) is 24.0 Å². The molecule has 0 unspecified atom stereocenters. The first kappa shape index (κ1) is 26.8. The van der Waals surface area contributed by atoms with E-state index in [1.807, 2.05) is 15.9 Å². The molecule has 1 aromatic heterocycles. The second-order valence-corrected chi connectivity index (χ2v) is 9.23. The Morgan fingerprint density at radius 2 is 1.51 bits per heavy atom. The molecular formula is C26H35N7O6. The molecule has 0 atom stereocenters. The van der Waals surface area contributed by atoms with Gasteiger partial charge in [-0.05, 0) is 12.0 Å². The van der Waals surface area contributed by atoms with Gasteiger partial charge in [-0.3, -0.25) is 0 Å². The van der Waals surface area contributed by atoms with Gasteiger partial charge >= 0.3 is 6.03 Å². The largest absolute Gasteiger partial charge is 0.493 e. The highest BCUT2D eigenvalue weighted by molar-refractivity contribution is 5.76. The van der Waals surface area contributed by atoms with Gasteiger partial charge in [-0.15, -0.1) is 0 Å². The highest BCUT2D eigenvalue weighted by Gasteiger charge is 2.26. The summed E-state index contributed by atoms with van der Waals surface area (Å²) in [6.07, 6.45) is 2.68. The Kier molecular flexibility index (Phi) is 8.47. The standard InChI is InChI=1S/C26H35N7O6/c1-35-20-16-19(17-21(36-2)22(20)37-3)27-24-28-23(29-25(30-24)31-8-12-38-13-9-31)18-4-6-32(7-5-18)26(34)33-10-14-39-15-11-33/h4,16-17H,5-15H2,1-3H3,(H,27,28,29,30). The molecular weight excluding hydrogens is 506 g/mol. The molecule has 3 aliphatic heterocycles. The van der Waals surface area contributed by atoms with E-state index in [9.17, 15) is 4.79 Å². The molecule has 0 radical (unpaired) electrons. The Morgan fingerprint density at radius 1 is 0.846 bits per heavy atom. The third kappa shape index (κ3) is 6.09. The number of morpholine rings is 2. The van der Waals surface area contributed by atoms with E-state index in [0.29, 0.717) is 113 Å². The Hall–Kier alpha value is -3.84. The lowest BCUT2D eigenvalue weighted by Crippen LogP contribution is -2.49. The number of urea groups is 1. The number of aromatic nitrogens is 3. The van der Waals surface area contributed by atoms with Crippen LogP contribution in [-0.2, 0) is 9.47 Å². The summed E-state index contributed by atoms with van der Waals surface area (Å²) in [5, 5.41) is 3.29. The van der Waals surface area contributed by atoms with Crippen LogP contribution in [-0.4, -0.2) is 118 Å². The number of carbonyl (C=O) groups is 1. The summed E-state index contributed by atoms with van der Waals surface area (Å²) in [6.45, 7) is 6.10. The molecule has 5 rings (SSSR count). The van der Waals surface area contributed by atoms with Crippen molar-refractivity contribution in [2.45, 2.75) is 6.42 Å². The minimum Gasteiger partial charge on any atom is -0.493 e. The fraction of sp³-hybridized carbons (Fsp3) is 0.538. The van der Waals surface area contributed by atoms with Crippen molar-refractivity contribution in [3.63, 3.8) is 0 Å². The number of nitrogens with zero attached hydrogens (tertiary/aromatic N) is 6. The predicted molar refractivity (Wildman–Crippen MR) is 144 cm³/mol. The lowest BCUT2D eigenvalue weighted by Gasteiger charge is -2.34. The Morgan fingerprint density at radius 3 is 2.10 bits per heavy atom. The Labute approximate surface area is 227 Å². The van der Waals surface area contributed by atoms with Crippen molar-refractivity contribution in [1.29, 1.82) is 0 Å². The number of carbonyl (C=O) groups excluding carboxylic acids is 1. The van der Waals surface area contributed by atoms with Gasteiger partial charge in [0.25, 0.3) is 0 Å². The second kappa shape index (κ2) is 12.3. The van der Waals surface area contributed by atoms with Gasteiger partial charge in [0.05, 0.1) is 47.8 Å². The molecule has 0 spiro atoms. The summed E-state index contributed by atoms with van der Waals surface area (Å²) in [4.78, 5) is 33.0. The van der Waals surface area contributed by atoms with E-state index in [1.54, 1.807) is 33.5 Å².